The van der Waals surface area contributed by atoms with Crippen molar-refractivity contribution < 1.29 is 5.11 Å². The van der Waals surface area contributed by atoms with Crippen LogP contribution in [-0.2, 0) is 0 Å². The lowest BCUT2D eigenvalue weighted by atomic mass is 9.86. The van der Waals surface area contributed by atoms with Gasteiger partial charge in [0.15, 0.2) is 0 Å². The molecule has 1 saturated heterocycles. The van der Waals surface area contributed by atoms with Gasteiger partial charge in [-0.15, -0.1) is 0 Å². The summed E-state index contributed by atoms with van der Waals surface area (Å²) in [6, 6.07) is 0.205. The Morgan fingerprint density at radius 3 is 2.43 bits per heavy atom. The first-order chi connectivity index (χ1) is 6.25. The van der Waals surface area contributed by atoms with Crippen LogP contribution in [0.3, 0.4) is 0 Å². The molecule has 2 atom stereocenters. The number of nitrogens with zero attached hydrogens (tertiary/aromatic N) is 1. The van der Waals surface area contributed by atoms with Gasteiger partial charge >= 0.3 is 0 Å². The molecule has 3 heteroatoms. The molecular weight excluding hydrogens is 176 g/mol. The second kappa shape index (κ2) is 3.80. The van der Waals surface area contributed by atoms with Crippen molar-refractivity contribution in [1.29, 1.82) is 0 Å². The van der Waals surface area contributed by atoms with Crippen LogP contribution in [0.2, 0.25) is 0 Å². The Morgan fingerprint density at radius 2 is 2.00 bits per heavy atom. The van der Waals surface area contributed by atoms with Crippen LogP contribution in [0.1, 0.15) is 34.1 Å². The van der Waals surface area contributed by atoms with E-state index < -0.39 is 5.60 Å². The first kappa shape index (κ1) is 12.0. The van der Waals surface area contributed by atoms with Gasteiger partial charge in [0.1, 0.15) is 0 Å². The molecule has 0 amide bonds. The molecule has 0 saturated carbocycles. The molecule has 0 aromatic rings. The maximum absolute atomic E-state index is 10.3. The molecule has 1 aliphatic heterocycles. The quantitative estimate of drug-likeness (QED) is 0.658. The van der Waals surface area contributed by atoms with Crippen LogP contribution in [-0.4, -0.2) is 47.3 Å². The van der Waals surface area contributed by atoms with Crippen molar-refractivity contribution in [3.05, 3.63) is 0 Å². The Bertz CT molecular complexity index is 196. The molecule has 3 nitrogen and oxygen atoms in total. The molecule has 0 aromatic carbocycles. The Hall–Kier alpha value is -0.120. The normalized spacial score (nSPS) is 34.9. The van der Waals surface area contributed by atoms with Gasteiger partial charge in [0.25, 0.3) is 0 Å². The van der Waals surface area contributed by atoms with E-state index in [9.17, 15) is 5.11 Å². The zero-order valence-corrected chi connectivity index (χ0v) is 10.1. The van der Waals surface area contributed by atoms with E-state index in [0.29, 0.717) is 0 Å². The predicted octanol–water partition coefficient (Wildman–Crippen LogP) is 0.830. The number of rotatable bonds is 1. The molecule has 1 heterocycles. The smallest absolute Gasteiger partial charge is 0.0798 e. The molecule has 0 aromatic heterocycles. The molecule has 84 valence electrons. The highest BCUT2D eigenvalue weighted by molar-refractivity contribution is 4.97. The molecule has 0 radical (unpaired) electrons. The summed E-state index contributed by atoms with van der Waals surface area (Å²) in [6.45, 7) is 10.3. The minimum atomic E-state index is -0.562. The van der Waals surface area contributed by atoms with E-state index in [-0.39, 0.29) is 11.6 Å². The first-order valence-electron chi connectivity index (χ1n) is 5.41. The number of nitrogens with one attached hydrogen (secondary N) is 1. The number of piperidine rings is 1. The highest BCUT2D eigenvalue weighted by Gasteiger charge is 2.40. The van der Waals surface area contributed by atoms with Crippen LogP contribution in [0.4, 0.5) is 0 Å². The van der Waals surface area contributed by atoms with Crippen molar-refractivity contribution in [3.63, 3.8) is 0 Å². The summed E-state index contributed by atoms with van der Waals surface area (Å²) in [5, 5.41) is 13.6. The van der Waals surface area contributed by atoms with Crippen LogP contribution >= 0.6 is 0 Å². The third-order valence-corrected chi connectivity index (χ3v) is 3.39. The van der Waals surface area contributed by atoms with E-state index in [1.165, 1.54) is 0 Å². The van der Waals surface area contributed by atoms with Crippen LogP contribution in [0, 0.1) is 0 Å². The molecule has 0 spiro atoms. The fraction of sp³-hybridized carbons (Fsp3) is 1.00. The summed E-state index contributed by atoms with van der Waals surface area (Å²) in [4.78, 5) is 2.26. The van der Waals surface area contributed by atoms with Gasteiger partial charge in [-0.3, -0.25) is 4.90 Å². The molecule has 0 bridgehead atoms. The Balaban J connectivity index is 2.74. The third-order valence-electron chi connectivity index (χ3n) is 3.39. The summed E-state index contributed by atoms with van der Waals surface area (Å²) >= 11 is 0. The van der Waals surface area contributed by atoms with Crippen molar-refractivity contribution in [2.24, 2.45) is 0 Å². The number of hydrogen-bond acceptors (Lipinski definition) is 3. The standard InChI is InChI=1S/C11H24N2O/c1-10(2,3)13(5)9-8-12-7-6-11(9,4)14/h9,12,14H,6-8H2,1-5H3. The maximum Gasteiger partial charge on any atom is 0.0798 e. The van der Waals surface area contributed by atoms with E-state index >= 15 is 0 Å². The van der Waals surface area contributed by atoms with Gasteiger partial charge in [0.05, 0.1) is 11.6 Å². The summed E-state index contributed by atoms with van der Waals surface area (Å²) < 4.78 is 0. The molecule has 2 N–H and O–H groups in total. The van der Waals surface area contributed by atoms with Gasteiger partial charge in [-0.2, -0.15) is 0 Å². The highest BCUT2D eigenvalue weighted by atomic mass is 16.3. The van der Waals surface area contributed by atoms with Crippen molar-refractivity contribution in [3.8, 4) is 0 Å². The summed E-state index contributed by atoms with van der Waals surface area (Å²) in [5.74, 6) is 0. The lowest BCUT2D eigenvalue weighted by molar-refractivity contribution is -0.0693. The van der Waals surface area contributed by atoms with E-state index in [1.807, 2.05) is 6.92 Å². The van der Waals surface area contributed by atoms with E-state index in [4.69, 9.17) is 0 Å². The van der Waals surface area contributed by atoms with E-state index in [0.717, 1.165) is 19.5 Å². The molecule has 14 heavy (non-hydrogen) atoms. The first-order valence-corrected chi connectivity index (χ1v) is 5.41. The second-order valence-corrected chi connectivity index (χ2v) is 5.61. The molecule has 1 rings (SSSR count). The van der Waals surface area contributed by atoms with Crippen molar-refractivity contribution >= 4 is 0 Å². The number of hydrogen-bond donors (Lipinski definition) is 2. The topological polar surface area (TPSA) is 35.5 Å². The fourth-order valence-corrected chi connectivity index (χ4v) is 1.99. The van der Waals surface area contributed by atoms with Gasteiger partial charge in [-0.25, -0.2) is 0 Å². The van der Waals surface area contributed by atoms with Crippen LogP contribution in [0.5, 0.6) is 0 Å². The lowest BCUT2D eigenvalue weighted by Crippen LogP contribution is -2.63. The van der Waals surface area contributed by atoms with Gasteiger partial charge < -0.3 is 10.4 Å². The average Bonchev–Trinajstić information content (AvgIpc) is 2.00. The minimum absolute atomic E-state index is 0.105. The maximum atomic E-state index is 10.3. The predicted molar refractivity (Wildman–Crippen MR) is 59.4 cm³/mol. The van der Waals surface area contributed by atoms with E-state index in [1.54, 1.807) is 0 Å². The summed E-state index contributed by atoms with van der Waals surface area (Å²) in [5.41, 5.74) is -0.457. The number of likely N-dealkylation sites (N-methyl/N-ethyl adjacent to an activating group) is 1. The third kappa shape index (κ3) is 2.47. The Kier molecular flexibility index (Phi) is 3.24. The van der Waals surface area contributed by atoms with Crippen LogP contribution in [0.15, 0.2) is 0 Å². The fourth-order valence-electron chi connectivity index (χ4n) is 1.99. The van der Waals surface area contributed by atoms with Gasteiger partial charge in [0.2, 0.25) is 0 Å². The molecule has 1 aliphatic rings. The van der Waals surface area contributed by atoms with Gasteiger partial charge in [-0.1, -0.05) is 0 Å². The minimum Gasteiger partial charge on any atom is -0.388 e. The molecule has 1 fully saturated rings. The largest absolute Gasteiger partial charge is 0.388 e. The molecular formula is C11H24N2O. The van der Waals surface area contributed by atoms with Crippen molar-refractivity contribution in [1.82, 2.24) is 10.2 Å². The Morgan fingerprint density at radius 1 is 1.43 bits per heavy atom. The zero-order valence-electron chi connectivity index (χ0n) is 10.1. The monoisotopic (exact) mass is 200 g/mol. The van der Waals surface area contributed by atoms with Gasteiger partial charge in [-0.05, 0) is 47.7 Å². The average molecular weight is 200 g/mol. The summed E-state index contributed by atoms with van der Waals surface area (Å²) in [6.07, 6.45) is 0.831. The summed E-state index contributed by atoms with van der Waals surface area (Å²) in [7, 11) is 2.09. The van der Waals surface area contributed by atoms with Crippen LogP contribution < -0.4 is 5.32 Å². The van der Waals surface area contributed by atoms with Crippen molar-refractivity contribution in [2.45, 2.75) is 51.3 Å². The number of aliphatic hydroxyl groups is 1. The highest BCUT2D eigenvalue weighted by Crippen LogP contribution is 2.26. The molecule has 2 unspecified atom stereocenters. The second-order valence-electron chi connectivity index (χ2n) is 5.61. The Labute approximate surface area is 87.5 Å². The zero-order chi connectivity index (χ0) is 11.0. The van der Waals surface area contributed by atoms with Crippen LogP contribution in [0.25, 0.3) is 0 Å². The lowest BCUT2D eigenvalue weighted by Gasteiger charge is -2.48. The van der Waals surface area contributed by atoms with Crippen molar-refractivity contribution in [2.75, 3.05) is 20.1 Å². The van der Waals surface area contributed by atoms with Gasteiger partial charge in [0, 0.05) is 12.1 Å². The molecule has 0 aliphatic carbocycles. The SMILES string of the molecule is CN(C1CNCCC1(C)O)C(C)(C)C. The van der Waals surface area contributed by atoms with E-state index in [2.05, 4.69) is 38.0 Å².